The van der Waals surface area contributed by atoms with E-state index in [1.807, 2.05) is 18.1 Å². The van der Waals surface area contributed by atoms with E-state index in [1.54, 1.807) is 6.20 Å². The molecule has 2 saturated carbocycles. The molecular formula is C28H36N4O3. The van der Waals surface area contributed by atoms with Crippen LogP contribution in [0.15, 0.2) is 36.5 Å². The van der Waals surface area contributed by atoms with Gasteiger partial charge in [-0.1, -0.05) is 6.07 Å². The Kier molecular flexibility index (Phi) is 6.37. The molecule has 3 fully saturated rings. The highest BCUT2D eigenvalue weighted by Crippen LogP contribution is 2.44. The number of benzene rings is 1. The second kappa shape index (κ2) is 9.78. The summed E-state index contributed by atoms with van der Waals surface area (Å²) >= 11 is 0. The van der Waals surface area contributed by atoms with E-state index in [0.717, 1.165) is 86.3 Å². The molecule has 1 N–H and O–H groups in total. The minimum atomic E-state index is 0.0565. The maximum atomic E-state index is 14.1. The average molecular weight is 477 g/mol. The molecule has 6 rings (SSSR count). The normalized spacial score (nSPS) is 25.2. The molecule has 7 nitrogen and oxygen atoms in total. The molecule has 2 aromatic rings. The molecule has 0 unspecified atom stereocenters. The van der Waals surface area contributed by atoms with E-state index in [2.05, 4.69) is 39.5 Å². The van der Waals surface area contributed by atoms with E-state index in [0.29, 0.717) is 18.6 Å². The van der Waals surface area contributed by atoms with Gasteiger partial charge >= 0.3 is 0 Å². The summed E-state index contributed by atoms with van der Waals surface area (Å²) in [6.45, 7) is 3.75. The topological polar surface area (TPSA) is 66.9 Å². The molecule has 1 atom stereocenters. The summed E-state index contributed by atoms with van der Waals surface area (Å²) in [7, 11) is 1.86. The Hall–Kier alpha value is -2.64. The first-order valence-corrected chi connectivity index (χ1v) is 13.2. The van der Waals surface area contributed by atoms with Crippen LogP contribution in [0.2, 0.25) is 0 Å². The lowest BCUT2D eigenvalue weighted by Gasteiger charge is -2.35. The molecule has 4 aliphatic rings. The van der Waals surface area contributed by atoms with Crippen LogP contribution in [0.3, 0.4) is 0 Å². The number of pyridine rings is 1. The number of hydrogen-bond donors (Lipinski definition) is 1. The Morgan fingerprint density at radius 1 is 1.09 bits per heavy atom. The van der Waals surface area contributed by atoms with Crippen LogP contribution < -0.4 is 15.1 Å². The number of morpholine rings is 1. The van der Waals surface area contributed by atoms with Crippen molar-refractivity contribution in [2.24, 2.45) is 17.8 Å². The molecular weight excluding hydrogens is 440 g/mol. The molecule has 1 aromatic heterocycles. The fourth-order valence-electron chi connectivity index (χ4n) is 6.24. The highest BCUT2D eigenvalue weighted by molar-refractivity contribution is 6.00. The third-order valence-corrected chi connectivity index (χ3v) is 8.33. The van der Waals surface area contributed by atoms with Crippen molar-refractivity contribution in [2.45, 2.75) is 51.2 Å². The summed E-state index contributed by atoms with van der Waals surface area (Å²) in [5.74, 6) is 2.46. The minimum absolute atomic E-state index is 0.0565. The number of carbonyl (C=O) groups excluding carboxylic acids is 1. The van der Waals surface area contributed by atoms with Crippen LogP contribution in [0.25, 0.3) is 0 Å². The van der Waals surface area contributed by atoms with E-state index < -0.39 is 0 Å². The van der Waals surface area contributed by atoms with Crippen molar-refractivity contribution in [3.63, 3.8) is 0 Å². The lowest BCUT2D eigenvalue weighted by molar-refractivity contribution is -0.124. The highest BCUT2D eigenvalue weighted by Gasteiger charge is 2.40. The first kappa shape index (κ1) is 22.8. The van der Waals surface area contributed by atoms with Crippen molar-refractivity contribution in [3.8, 4) is 0 Å². The molecule has 7 heteroatoms. The molecule has 2 aliphatic carbocycles. The molecule has 1 aromatic carbocycles. The number of carbonyl (C=O) groups is 1. The SMILES string of the molecule is CO[C@@H](C1CCC(C(=O)N2Cc3cccnc3Nc3ccc(N4CCOCC4)cc32)CC1)C1CC1. The van der Waals surface area contributed by atoms with Gasteiger partial charge in [0.2, 0.25) is 5.91 Å². The fraction of sp³-hybridized carbons (Fsp3) is 0.571. The Morgan fingerprint density at radius 3 is 2.54 bits per heavy atom. The van der Waals surface area contributed by atoms with Crippen LogP contribution in [0.5, 0.6) is 0 Å². The molecule has 0 radical (unpaired) electrons. The zero-order valence-corrected chi connectivity index (χ0v) is 20.6. The number of rotatable bonds is 5. The third-order valence-electron chi connectivity index (χ3n) is 8.33. The predicted molar refractivity (Wildman–Crippen MR) is 137 cm³/mol. The summed E-state index contributed by atoms with van der Waals surface area (Å²) in [6, 6.07) is 10.4. The molecule has 2 aliphatic heterocycles. The zero-order valence-electron chi connectivity index (χ0n) is 20.6. The molecule has 0 spiro atoms. The number of methoxy groups -OCH3 is 1. The maximum absolute atomic E-state index is 14.1. The van der Waals surface area contributed by atoms with Crippen LogP contribution in [-0.2, 0) is 20.8 Å². The molecule has 1 amide bonds. The number of aromatic nitrogens is 1. The van der Waals surface area contributed by atoms with Crippen molar-refractivity contribution in [3.05, 3.63) is 42.1 Å². The van der Waals surface area contributed by atoms with Gasteiger partial charge in [0.25, 0.3) is 0 Å². The van der Waals surface area contributed by atoms with Gasteiger partial charge < -0.3 is 24.6 Å². The van der Waals surface area contributed by atoms with Crippen molar-refractivity contribution in [1.29, 1.82) is 0 Å². The summed E-state index contributed by atoms with van der Waals surface area (Å²) in [5, 5.41) is 3.51. The maximum Gasteiger partial charge on any atom is 0.230 e. The van der Waals surface area contributed by atoms with Crippen LogP contribution in [-0.4, -0.2) is 50.4 Å². The number of amides is 1. The van der Waals surface area contributed by atoms with Gasteiger partial charge in [0.15, 0.2) is 0 Å². The Bertz CT molecular complexity index is 1060. The second-order valence-electron chi connectivity index (χ2n) is 10.5. The standard InChI is InChI=1S/C28H36N4O3/c1-34-26(19-4-5-19)20-6-8-21(9-7-20)28(33)32-18-22-3-2-12-29-27(22)30-24-11-10-23(17-25(24)32)31-13-15-35-16-14-31/h2-3,10-12,17,19-21,26H,4-9,13-16,18H2,1H3,(H,29,30)/t20?,21?,26-/m1/s1. The number of fused-ring (bicyclic) bond motifs is 2. The number of ether oxygens (including phenoxy) is 2. The predicted octanol–water partition coefficient (Wildman–Crippen LogP) is 4.74. The molecule has 1 saturated heterocycles. The molecule has 3 heterocycles. The van der Waals surface area contributed by atoms with Gasteiger partial charge in [-0.3, -0.25) is 4.79 Å². The van der Waals surface area contributed by atoms with Crippen molar-refractivity contribution in [2.75, 3.05) is 48.5 Å². The number of nitrogens with zero attached hydrogens (tertiary/aromatic N) is 3. The highest BCUT2D eigenvalue weighted by atomic mass is 16.5. The zero-order chi connectivity index (χ0) is 23.8. The van der Waals surface area contributed by atoms with Gasteiger partial charge in [0.1, 0.15) is 5.82 Å². The van der Waals surface area contributed by atoms with E-state index in [1.165, 1.54) is 12.8 Å². The van der Waals surface area contributed by atoms with Crippen LogP contribution in [0.1, 0.15) is 44.1 Å². The van der Waals surface area contributed by atoms with Gasteiger partial charge in [0.05, 0.1) is 37.2 Å². The van der Waals surface area contributed by atoms with Crippen molar-refractivity contribution in [1.82, 2.24) is 4.98 Å². The lowest BCUT2D eigenvalue weighted by Crippen LogP contribution is -2.39. The smallest absolute Gasteiger partial charge is 0.230 e. The molecule has 0 bridgehead atoms. The quantitative estimate of drug-likeness (QED) is 0.672. The third kappa shape index (κ3) is 4.64. The first-order chi connectivity index (χ1) is 17.2. The van der Waals surface area contributed by atoms with E-state index in [4.69, 9.17) is 9.47 Å². The number of anilines is 4. The van der Waals surface area contributed by atoms with Crippen molar-refractivity contribution >= 4 is 28.8 Å². The van der Waals surface area contributed by atoms with Crippen LogP contribution in [0.4, 0.5) is 22.9 Å². The first-order valence-electron chi connectivity index (χ1n) is 13.2. The molecule has 35 heavy (non-hydrogen) atoms. The Morgan fingerprint density at radius 2 is 1.83 bits per heavy atom. The van der Waals surface area contributed by atoms with Gasteiger partial charge in [-0.25, -0.2) is 4.98 Å². The molecule has 186 valence electrons. The minimum Gasteiger partial charge on any atom is -0.381 e. The lowest BCUT2D eigenvalue weighted by atomic mass is 9.77. The number of nitrogens with one attached hydrogen (secondary N) is 1. The van der Waals surface area contributed by atoms with Gasteiger partial charge in [0, 0.05) is 43.6 Å². The van der Waals surface area contributed by atoms with Crippen molar-refractivity contribution < 1.29 is 14.3 Å². The largest absolute Gasteiger partial charge is 0.381 e. The Labute approximate surface area is 207 Å². The monoisotopic (exact) mass is 476 g/mol. The second-order valence-corrected chi connectivity index (χ2v) is 10.5. The summed E-state index contributed by atoms with van der Waals surface area (Å²) in [6.07, 6.45) is 8.83. The van der Waals surface area contributed by atoms with E-state index in [-0.39, 0.29) is 11.8 Å². The van der Waals surface area contributed by atoms with Gasteiger partial charge in [-0.2, -0.15) is 0 Å². The number of hydrogen-bond acceptors (Lipinski definition) is 6. The average Bonchev–Trinajstić information content (AvgIpc) is 3.76. The Balaban J connectivity index is 1.27. The van der Waals surface area contributed by atoms with E-state index in [9.17, 15) is 4.79 Å². The summed E-state index contributed by atoms with van der Waals surface area (Å²) in [5.41, 5.74) is 4.08. The van der Waals surface area contributed by atoms with Gasteiger partial charge in [-0.15, -0.1) is 0 Å². The summed E-state index contributed by atoms with van der Waals surface area (Å²) in [4.78, 5) is 23.0. The summed E-state index contributed by atoms with van der Waals surface area (Å²) < 4.78 is 11.4. The van der Waals surface area contributed by atoms with Gasteiger partial charge in [-0.05, 0) is 74.6 Å². The fourth-order valence-corrected chi connectivity index (χ4v) is 6.24. The van der Waals surface area contributed by atoms with Crippen LogP contribution in [0, 0.1) is 17.8 Å². The van der Waals surface area contributed by atoms with Crippen LogP contribution >= 0.6 is 0 Å². The van der Waals surface area contributed by atoms with E-state index >= 15 is 0 Å².